The molecule has 126 valence electrons. The zero-order chi connectivity index (χ0) is 17.4. The highest BCUT2D eigenvalue weighted by molar-refractivity contribution is 6.01. The van der Waals surface area contributed by atoms with Crippen molar-refractivity contribution < 1.29 is 14.4 Å². The lowest BCUT2D eigenvalue weighted by Crippen LogP contribution is -2.34. The monoisotopic (exact) mass is 334 g/mol. The van der Waals surface area contributed by atoms with Crippen LogP contribution in [0.3, 0.4) is 0 Å². The number of aliphatic hydroxyl groups is 1. The molecule has 1 amide bonds. The SMILES string of the molecule is Cc1onc(-c2ccccc2)c1C(=O)N[C@@H]1c2ccccc2C[C@H]1O. The predicted octanol–water partition coefficient (Wildman–Crippen LogP) is 3.04. The van der Waals surface area contributed by atoms with Crippen LogP contribution in [0.15, 0.2) is 59.1 Å². The molecular weight excluding hydrogens is 316 g/mol. The van der Waals surface area contributed by atoms with Crippen molar-refractivity contribution in [2.75, 3.05) is 0 Å². The number of rotatable bonds is 3. The summed E-state index contributed by atoms with van der Waals surface area (Å²) in [5.41, 5.74) is 3.75. The Morgan fingerprint density at radius 2 is 1.88 bits per heavy atom. The second-order valence-electron chi connectivity index (χ2n) is 6.25. The summed E-state index contributed by atoms with van der Waals surface area (Å²) in [5, 5.41) is 17.4. The molecule has 2 atom stereocenters. The number of aryl methyl sites for hydroxylation is 1. The van der Waals surface area contributed by atoms with Gasteiger partial charge in [-0.2, -0.15) is 0 Å². The van der Waals surface area contributed by atoms with Gasteiger partial charge in [0.2, 0.25) is 0 Å². The van der Waals surface area contributed by atoms with Crippen LogP contribution in [0.5, 0.6) is 0 Å². The van der Waals surface area contributed by atoms with Crippen molar-refractivity contribution >= 4 is 5.91 Å². The van der Waals surface area contributed by atoms with Gasteiger partial charge < -0.3 is 14.9 Å². The van der Waals surface area contributed by atoms with E-state index in [1.54, 1.807) is 6.92 Å². The van der Waals surface area contributed by atoms with Crippen molar-refractivity contribution in [1.29, 1.82) is 0 Å². The van der Waals surface area contributed by atoms with E-state index in [2.05, 4.69) is 10.5 Å². The Labute approximate surface area is 145 Å². The Morgan fingerprint density at radius 1 is 1.16 bits per heavy atom. The van der Waals surface area contributed by atoms with Gasteiger partial charge in [-0.1, -0.05) is 59.8 Å². The average Bonchev–Trinajstić information content (AvgIpc) is 3.16. The molecule has 0 aliphatic heterocycles. The number of benzene rings is 2. The first-order valence-corrected chi connectivity index (χ1v) is 8.23. The quantitative estimate of drug-likeness (QED) is 0.772. The van der Waals surface area contributed by atoms with E-state index >= 15 is 0 Å². The first-order valence-electron chi connectivity index (χ1n) is 8.23. The topological polar surface area (TPSA) is 75.4 Å². The summed E-state index contributed by atoms with van der Waals surface area (Å²) in [7, 11) is 0. The maximum absolute atomic E-state index is 12.9. The molecular formula is C20H18N2O3. The van der Waals surface area contributed by atoms with E-state index in [0.717, 1.165) is 16.7 Å². The minimum Gasteiger partial charge on any atom is -0.390 e. The van der Waals surface area contributed by atoms with Crippen molar-refractivity contribution in [3.8, 4) is 11.3 Å². The molecule has 2 N–H and O–H groups in total. The normalized spacial score (nSPS) is 18.8. The van der Waals surface area contributed by atoms with E-state index in [0.29, 0.717) is 23.4 Å². The Hall–Kier alpha value is -2.92. The van der Waals surface area contributed by atoms with Crippen LogP contribution in [0, 0.1) is 6.92 Å². The molecule has 1 aliphatic rings. The van der Waals surface area contributed by atoms with Crippen LogP contribution in [0.25, 0.3) is 11.3 Å². The van der Waals surface area contributed by atoms with Gasteiger partial charge in [-0.15, -0.1) is 0 Å². The van der Waals surface area contributed by atoms with E-state index < -0.39 is 12.1 Å². The average molecular weight is 334 g/mol. The molecule has 1 aliphatic carbocycles. The Morgan fingerprint density at radius 3 is 2.68 bits per heavy atom. The van der Waals surface area contributed by atoms with Crippen LogP contribution in [0.1, 0.15) is 33.3 Å². The number of carbonyl (C=O) groups is 1. The van der Waals surface area contributed by atoms with Gasteiger partial charge in [-0.05, 0) is 18.1 Å². The standard InChI is InChI=1S/C20H18N2O3/c1-12-17(18(22-25-12)13-7-3-2-4-8-13)20(24)21-19-15-10-6-5-9-14(15)11-16(19)23/h2-10,16,19,23H,11H2,1H3,(H,21,24)/t16-,19-/m1/s1. The van der Waals surface area contributed by atoms with Gasteiger partial charge in [0.05, 0.1) is 12.1 Å². The lowest BCUT2D eigenvalue weighted by molar-refractivity contribution is 0.0857. The summed E-state index contributed by atoms with van der Waals surface area (Å²) in [4.78, 5) is 12.9. The highest BCUT2D eigenvalue weighted by atomic mass is 16.5. The fourth-order valence-electron chi connectivity index (χ4n) is 3.39. The predicted molar refractivity (Wildman–Crippen MR) is 93.0 cm³/mol. The molecule has 0 spiro atoms. The van der Waals surface area contributed by atoms with Crippen molar-refractivity contribution in [2.45, 2.75) is 25.5 Å². The maximum Gasteiger partial charge on any atom is 0.257 e. The molecule has 0 saturated carbocycles. The van der Waals surface area contributed by atoms with Gasteiger partial charge >= 0.3 is 0 Å². The molecule has 1 heterocycles. The van der Waals surface area contributed by atoms with Crippen LogP contribution >= 0.6 is 0 Å². The third-order valence-electron chi connectivity index (χ3n) is 4.63. The minimum atomic E-state index is -0.637. The summed E-state index contributed by atoms with van der Waals surface area (Å²) < 4.78 is 5.26. The highest BCUT2D eigenvalue weighted by Crippen LogP contribution is 2.32. The number of hydrogen-bond donors (Lipinski definition) is 2. The molecule has 5 nitrogen and oxygen atoms in total. The van der Waals surface area contributed by atoms with Gasteiger partial charge in [0, 0.05) is 12.0 Å². The van der Waals surface area contributed by atoms with Crippen LogP contribution in [-0.2, 0) is 6.42 Å². The van der Waals surface area contributed by atoms with Crippen molar-refractivity contribution in [3.05, 3.63) is 77.0 Å². The van der Waals surface area contributed by atoms with Gasteiger partial charge in [-0.25, -0.2) is 0 Å². The second-order valence-corrected chi connectivity index (χ2v) is 6.25. The first kappa shape index (κ1) is 15.6. The molecule has 0 radical (unpaired) electrons. The molecule has 0 unspecified atom stereocenters. The van der Waals surface area contributed by atoms with Crippen molar-refractivity contribution in [1.82, 2.24) is 10.5 Å². The van der Waals surface area contributed by atoms with Gasteiger partial charge in [0.25, 0.3) is 5.91 Å². The molecule has 5 heteroatoms. The zero-order valence-corrected chi connectivity index (χ0v) is 13.8. The maximum atomic E-state index is 12.9. The third kappa shape index (κ3) is 2.72. The number of hydrogen-bond acceptors (Lipinski definition) is 4. The Kier molecular flexibility index (Phi) is 3.86. The van der Waals surface area contributed by atoms with Gasteiger partial charge in [0.1, 0.15) is 17.0 Å². The first-order chi connectivity index (χ1) is 12.1. The van der Waals surface area contributed by atoms with E-state index in [1.165, 1.54) is 0 Å². The lowest BCUT2D eigenvalue weighted by atomic mass is 10.0. The Bertz CT molecular complexity index is 918. The van der Waals surface area contributed by atoms with Crippen LogP contribution in [-0.4, -0.2) is 22.3 Å². The molecule has 3 aromatic rings. The van der Waals surface area contributed by atoms with Gasteiger partial charge in [0.15, 0.2) is 0 Å². The summed E-state index contributed by atoms with van der Waals surface area (Å²) in [6.45, 7) is 1.72. The van der Waals surface area contributed by atoms with Crippen molar-refractivity contribution in [3.63, 3.8) is 0 Å². The number of amides is 1. The Balaban J connectivity index is 1.66. The fraction of sp³-hybridized carbons (Fsp3) is 0.200. The number of fused-ring (bicyclic) bond motifs is 1. The molecule has 25 heavy (non-hydrogen) atoms. The smallest absolute Gasteiger partial charge is 0.257 e. The number of aliphatic hydroxyl groups excluding tert-OH is 1. The highest BCUT2D eigenvalue weighted by Gasteiger charge is 2.33. The summed E-state index contributed by atoms with van der Waals surface area (Å²) in [6.07, 6.45) is -0.100. The van der Waals surface area contributed by atoms with E-state index in [4.69, 9.17) is 4.52 Å². The molecule has 0 bridgehead atoms. The summed E-state index contributed by atoms with van der Waals surface area (Å²) >= 11 is 0. The number of nitrogens with zero attached hydrogens (tertiary/aromatic N) is 1. The minimum absolute atomic E-state index is 0.293. The number of aromatic nitrogens is 1. The zero-order valence-electron chi connectivity index (χ0n) is 13.8. The molecule has 1 aromatic heterocycles. The second kappa shape index (κ2) is 6.18. The number of carbonyl (C=O) groups excluding carboxylic acids is 1. The molecule has 2 aromatic carbocycles. The van der Waals surface area contributed by atoms with Crippen LogP contribution in [0.2, 0.25) is 0 Å². The van der Waals surface area contributed by atoms with E-state index in [1.807, 2.05) is 54.6 Å². The van der Waals surface area contributed by atoms with E-state index in [-0.39, 0.29) is 5.91 Å². The molecule has 0 saturated heterocycles. The number of nitrogens with one attached hydrogen (secondary N) is 1. The van der Waals surface area contributed by atoms with E-state index in [9.17, 15) is 9.90 Å². The fourth-order valence-corrected chi connectivity index (χ4v) is 3.39. The lowest BCUT2D eigenvalue weighted by Gasteiger charge is -2.18. The van der Waals surface area contributed by atoms with Crippen molar-refractivity contribution in [2.24, 2.45) is 0 Å². The third-order valence-corrected chi connectivity index (χ3v) is 4.63. The van der Waals surface area contributed by atoms with Gasteiger partial charge in [-0.3, -0.25) is 4.79 Å². The molecule has 0 fully saturated rings. The van der Waals surface area contributed by atoms with Crippen LogP contribution < -0.4 is 5.32 Å². The largest absolute Gasteiger partial charge is 0.390 e. The molecule has 4 rings (SSSR count). The summed E-state index contributed by atoms with van der Waals surface area (Å²) in [6, 6.07) is 16.8. The summed E-state index contributed by atoms with van der Waals surface area (Å²) in [5.74, 6) is 0.162. The van der Waals surface area contributed by atoms with Crippen LogP contribution in [0.4, 0.5) is 0 Å².